The minimum atomic E-state index is -0.0728. The smallest absolute Gasteiger partial charge is 0.400 e. The Morgan fingerprint density at radius 1 is 1.60 bits per heavy atom. The van der Waals surface area contributed by atoms with Crippen molar-refractivity contribution in [2.24, 2.45) is 0 Å². The molecule has 0 amide bonds. The van der Waals surface area contributed by atoms with Crippen LogP contribution in [0.25, 0.3) is 0 Å². The third-order valence-corrected chi connectivity index (χ3v) is 2.08. The van der Waals surface area contributed by atoms with Crippen LogP contribution in [0.2, 0.25) is 0 Å². The Kier molecular flexibility index (Phi) is 2.63. The Morgan fingerprint density at radius 3 is 2.60 bits per heavy atom. The number of rotatable bonds is 0. The minimum Gasteiger partial charge on any atom is -0.400 e. The van der Waals surface area contributed by atoms with E-state index in [2.05, 4.69) is 43.1 Å². The van der Waals surface area contributed by atoms with Crippen LogP contribution < -0.4 is 0 Å². The van der Waals surface area contributed by atoms with Crippen molar-refractivity contribution in [1.29, 1.82) is 0 Å². The molecule has 0 aromatic rings. The Morgan fingerprint density at radius 2 is 2.20 bits per heavy atom. The van der Waals surface area contributed by atoms with Crippen molar-refractivity contribution in [3.05, 3.63) is 0 Å². The average Bonchev–Trinajstić information content (AvgIpc) is 1.54. The van der Waals surface area contributed by atoms with Crippen molar-refractivity contribution in [3.8, 4) is 0 Å². The van der Waals surface area contributed by atoms with Gasteiger partial charge in [0.1, 0.15) is 0 Å². The SMILES string of the molecule is CC1CC(C)(C)OB(I)O1. The first-order valence-corrected chi connectivity index (χ1v) is 4.71. The second-order valence-electron chi connectivity index (χ2n) is 3.30. The van der Waals surface area contributed by atoms with Crippen LogP contribution in [0.4, 0.5) is 0 Å². The van der Waals surface area contributed by atoms with E-state index < -0.39 is 0 Å². The lowest BCUT2D eigenvalue weighted by molar-refractivity contribution is -0.0164. The average molecular weight is 254 g/mol. The Hall–Kier alpha value is 0.715. The van der Waals surface area contributed by atoms with E-state index in [4.69, 9.17) is 9.31 Å². The molecule has 1 atom stereocenters. The van der Waals surface area contributed by atoms with Gasteiger partial charge in [-0.3, -0.25) is 0 Å². The van der Waals surface area contributed by atoms with Crippen LogP contribution in [0.3, 0.4) is 0 Å². The molecule has 0 saturated carbocycles. The van der Waals surface area contributed by atoms with Gasteiger partial charge >= 0.3 is 4.97 Å². The van der Waals surface area contributed by atoms with Crippen LogP contribution in [0.1, 0.15) is 27.2 Å². The zero-order chi connectivity index (χ0) is 7.78. The summed E-state index contributed by atoms with van der Waals surface area (Å²) < 4.78 is 10.9. The fraction of sp³-hybridized carbons (Fsp3) is 1.00. The van der Waals surface area contributed by atoms with Crippen molar-refractivity contribution in [1.82, 2.24) is 0 Å². The van der Waals surface area contributed by atoms with Gasteiger partial charge in [-0.15, -0.1) is 0 Å². The van der Waals surface area contributed by atoms with Gasteiger partial charge in [0.15, 0.2) is 0 Å². The van der Waals surface area contributed by atoms with Gasteiger partial charge in [0.25, 0.3) is 0 Å². The molecule has 1 fully saturated rings. The van der Waals surface area contributed by atoms with Crippen LogP contribution in [0.5, 0.6) is 0 Å². The van der Waals surface area contributed by atoms with Crippen LogP contribution in [-0.4, -0.2) is 16.7 Å². The van der Waals surface area contributed by atoms with Crippen molar-refractivity contribution in [3.63, 3.8) is 0 Å². The van der Waals surface area contributed by atoms with Crippen LogP contribution in [-0.2, 0) is 9.31 Å². The first-order valence-electron chi connectivity index (χ1n) is 3.47. The molecule has 1 unspecified atom stereocenters. The zero-order valence-corrected chi connectivity index (χ0v) is 8.71. The normalized spacial score (nSPS) is 32.4. The van der Waals surface area contributed by atoms with Gasteiger partial charge in [0.05, 0.1) is 5.60 Å². The van der Waals surface area contributed by atoms with Gasteiger partial charge in [-0.1, -0.05) is 22.4 Å². The van der Waals surface area contributed by atoms with Crippen LogP contribution in [0.15, 0.2) is 0 Å². The summed E-state index contributed by atoms with van der Waals surface area (Å²) in [5.41, 5.74) is -0.0104. The molecular weight excluding hydrogens is 242 g/mol. The molecule has 0 radical (unpaired) electrons. The van der Waals surface area contributed by atoms with Crippen molar-refractivity contribution < 1.29 is 9.31 Å². The monoisotopic (exact) mass is 254 g/mol. The predicted octanol–water partition coefficient (Wildman–Crippen LogP) is 2.01. The van der Waals surface area contributed by atoms with E-state index >= 15 is 0 Å². The Bertz CT molecular complexity index is 117. The quantitative estimate of drug-likeness (QED) is 0.486. The summed E-state index contributed by atoms with van der Waals surface area (Å²) in [6, 6.07) is 0. The van der Waals surface area contributed by atoms with Gasteiger partial charge in [0.2, 0.25) is 0 Å². The second kappa shape index (κ2) is 2.99. The zero-order valence-electron chi connectivity index (χ0n) is 6.56. The third kappa shape index (κ3) is 2.40. The predicted molar refractivity (Wildman–Crippen MR) is 50.1 cm³/mol. The fourth-order valence-electron chi connectivity index (χ4n) is 1.25. The number of hydrogen-bond donors (Lipinski definition) is 0. The van der Waals surface area contributed by atoms with E-state index in [0.29, 0.717) is 6.10 Å². The summed E-state index contributed by atoms with van der Waals surface area (Å²) in [5, 5.41) is 0. The van der Waals surface area contributed by atoms with Crippen molar-refractivity contribution in [2.45, 2.75) is 38.9 Å². The Balaban J connectivity index is 2.51. The van der Waals surface area contributed by atoms with Gasteiger partial charge in [0, 0.05) is 6.10 Å². The lowest BCUT2D eigenvalue weighted by atomic mass is 9.97. The molecule has 0 aliphatic carbocycles. The van der Waals surface area contributed by atoms with E-state index in [1.165, 1.54) is 0 Å². The molecule has 0 spiro atoms. The number of hydrogen-bond acceptors (Lipinski definition) is 2. The highest BCUT2D eigenvalue weighted by atomic mass is 127. The molecule has 1 heterocycles. The molecule has 10 heavy (non-hydrogen) atoms. The van der Waals surface area contributed by atoms with Gasteiger partial charge < -0.3 is 9.31 Å². The summed E-state index contributed by atoms with van der Waals surface area (Å²) in [6.45, 7) is 6.27. The second-order valence-corrected chi connectivity index (χ2v) is 4.32. The molecule has 0 bridgehead atoms. The van der Waals surface area contributed by atoms with Gasteiger partial charge in [-0.25, -0.2) is 0 Å². The topological polar surface area (TPSA) is 18.5 Å². The van der Waals surface area contributed by atoms with Crippen LogP contribution in [0, 0.1) is 0 Å². The van der Waals surface area contributed by atoms with E-state index in [0.717, 1.165) is 6.42 Å². The highest BCUT2D eigenvalue weighted by Crippen LogP contribution is 2.27. The molecule has 1 rings (SSSR count). The third-order valence-electron chi connectivity index (χ3n) is 1.53. The summed E-state index contributed by atoms with van der Waals surface area (Å²) in [6.07, 6.45) is 1.30. The molecule has 1 aliphatic rings. The maximum absolute atomic E-state index is 5.51. The van der Waals surface area contributed by atoms with Gasteiger partial charge in [-0.05, 0) is 27.2 Å². The van der Waals surface area contributed by atoms with Gasteiger partial charge in [-0.2, -0.15) is 0 Å². The highest BCUT2D eigenvalue weighted by molar-refractivity contribution is 14.1. The van der Waals surface area contributed by atoms with Crippen molar-refractivity contribution in [2.75, 3.05) is 0 Å². The molecule has 1 aliphatic heterocycles. The minimum absolute atomic E-state index is 0.0104. The van der Waals surface area contributed by atoms with E-state index in [-0.39, 0.29) is 10.6 Å². The molecule has 1 saturated heterocycles. The maximum Gasteiger partial charge on any atom is 0.532 e. The summed E-state index contributed by atoms with van der Waals surface area (Å²) >= 11 is 2.15. The van der Waals surface area contributed by atoms with Crippen LogP contribution >= 0.6 is 22.4 Å². The van der Waals surface area contributed by atoms with E-state index in [1.807, 2.05) is 0 Å². The lowest BCUT2D eigenvalue weighted by Crippen LogP contribution is -2.42. The molecule has 4 heteroatoms. The lowest BCUT2D eigenvalue weighted by Gasteiger charge is -2.36. The fourth-order valence-corrected chi connectivity index (χ4v) is 2.44. The standard InChI is InChI=1S/C6H12BIO2/c1-5-4-6(2,3)10-7(8)9-5/h5H,4H2,1-3H3. The first kappa shape index (κ1) is 8.81. The molecule has 0 N–H and O–H groups in total. The number of halogens is 1. The molecule has 0 aromatic carbocycles. The first-order chi connectivity index (χ1) is 4.49. The Labute approximate surface area is 75.7 Å². The largest absolute Gasteiger partial charge is 0.532 e. The molecule has 58 valence electrons. The molecule has 2 nitrogen and oxygen atoms in total. The highest BCUT2D eigenvalue weighted by Gasteiger charge is 2.34. The van der Waals surface area contributed by atoms with E-state index in [1.54, 1.807) is 0 Å². The molecular formula is C6H12BIO2. The molecule has 0 aromatic heterocycles. The summed E-state index contributed by atoms with van der Waals surface area (Å²) in [5.74, 6) is 0. The summed E-state index contributed by atoms with van der Waals surface area (Å²) in [4.78, 5) is -0.0728. The summed E-state index contributed by atoms with van der Waals surface area (Å²) in [7, 11) is 0. The maximum atomic E-state index is 5.51. The van der Waals surface area contributed by atoms with Crippen molar-refractivity contribution >= 4 is 27.3 Å². The van der Waals surface area contributed by atoms with E-state index in [9.17, 15) is 0 Å².